The van der Waals surface area contributed by atoms with Gasteiger partial charge in [0.25, 0.3) is 0 Å². The van der Waals surface area contributed by atoms with Crippen molar-refractivity contribution in [2.24, 2.45) is 0 Å². The van der Waals surface area contributed by atoms with E-state index in [1.165, 1.54) is 42.4 Å². The molecular formula is C24H28N6OS. The largest absolute Gasteiger partial charge is 0.396 e. The summed E-state index contributed by atoms with van der Waals surface area (Å²) in [5.41, 5.74) is 5.34. The molecule has 8 heteroatoms. The van der Waals surface area contributed by atoms with Crippen LogP contribution in [0.15, 0.2) is 47.4 Å². The SMILES string of the molecule is OCCCNc1nc(NCc2ccc(-c3ccsc3)cc2)c2ncn(C3CCCC3)c2n1. The second kappa shape index (κ2) is 9.67. The average Bonchev–Trinajstić information content (AvgIpc) is 3.59. The Bertz CT molecular complexity index is 1150. The second-order valence-corrected chi connectivity index (χ2v) is 9.00. The van der Waals surface area contributed by atoms with Gasteiger partial charge in [0.1, 0.15) is 0 Å². The summed E-state index contributed by atoms with van der Waals surface area (Å²) in [5, 5.41) is 20.1. The Morgan fingerprint density at radius 1 is 1.03 bits per heavy atom. The van der Waals surface area contributed by atoms with Gasteiger partial charge in [0.2, 0.25) is 5.95 Å². The van der Waals surface area contributed by atoms with Crippen LogP contribution in [0, 0.1) is 0 Å². The van der Waals surface area contributed by atoms with Gasteiger partial charge in [0.15, 0.2) is 17.0 Å². The molecular weight excluding hydrogens is 420 g/mol. The third-order valence-electron chi connectivity index (χ3n) is 6.03. The number of aromatic nitrogens is 4. The molecule has 1 aromatic carbocycles. The number of anilines is 2. The molecule has 7 nitrogen and oxygen atoms in total. The van der Waals surface area contributed by atoms with E-state index in [9.17, 15) is 0 Å². The number of benzene rings is 1. The molecule has 5 rings (SSSR count). The summed E-state index contributed by atoms with van der Waals surface area (Å²) in [7, 11) is 0. The van der Waals surface area contributed by atoms with Gasteiger partial charge in [-0.1, -0.05) is 37.1 Å². The number of hydrogen-bond donors (Lipinski definition) is 3. The third kappa shape index (κ3) is 4.47. The van der Waals surface area contributed by atoms with E-state index < -0.39 is 0 Å². The van der Waals surface area contributed by atoms with Crippen LogP contribution in [0.2, 0.25) is 0 Å². The summed E-state index contributed by atoms with van der Waals surface area (Å²) >= 11 is 1.71. The molecule has 0 spiro atoms. The van der Waals surface area contributed by atoms with Crippen LogP contribution in [-0.2, 0) is 6.54 Å². The molecule has 3 aromatic heterocycles. The summed E-state index contributed by atoms with van der Waals surface area (Å²) in [6.45, 7) is 1.42. The fourth-order valence-corrected chi connectivity index (χ4v) is 4.94. The number of fused-ring (bicyclic) bond motifs is 1. The van der Waals surface area contributed by atoms with E-state index in [2.05, 4.69) is 61.3 Å². The maximum atomic E-state index is 9.11. The Morgan fingerprint density at radius 3 is 2.62 bits per heavy atom. The van der Waals surface area contributed by atoms with Crippen molar-refractivity contribution in [3.63, 3.8) is 0 Å². The number of aliphatic hydroxyl groups is 1. The molecule has 0 bridgehead atoms. The first-order valence-corrected chi connectivity index (χ1v) is 12.2. The zero-order valence-electron chi connectivity index (χ0n) is 18.0. The van der Waals surface area contributed by atoms with E-state index in [4.69, 9.17) is 15.1 Å². The lowest BCUT2D eigenvalue weighted by Gasteiger charge is -2.14. The Balaban J connectivity index is 1.39. The number of nitrogens with zero attached hydrogens (tertiary/aromatic N) is 4. The number of nitrogens with one attached hydrogen (secondary N) is 2. The predicted octanol–water partition coefficient (Wildman–Crippen LogP) is 5.08. The summed E-state index contributed by atoms with van der Waals surface area (Å²) < 4.78 is 2.21. The third-order valence-corrected chi connectivity index (χ3v) is 6.71. The molecule has 1 fully saturated rings. The van der Waals surface area contributed by atoms with Crippen LogP contribution in [0.25, 0.3) is 22.3 Å². The minimum absolute atomic E-state index is 0.141. The Hall–Kier alpha value is -2.97. The zero-order chi connectivity index (χ0) is 21.8. The molecule has 0 atom stereocenters. The fraction of sp³-hybridized carbons (Fsp3) is 0.375. The maximum absolute atomic E-state index is 9.11. The molecule has 1 aliphatic rings. The van der Waals surface area contributed by atoms with E-state index in [0.717, 1.165) is 17.0 Å². The molecule has 3 heterocycles. The normalized spacial score (nSPS) is 14.3. The topological polar surface area (TPSA) is 87.9 Å². The van der Waals surface area contributed by atoms with Gasteiger partial charge < -0.3 is 20.3 Å². The number of imidazole rings is 1. The zero-order valence-corrected chi connectivity index (χ0v) is 18.8. The lowest BCUT2D eigenvalue weighted by atomic mass is 10.1. The van der Waals surface area contributed by atoms with Crippen molar-refractivity contribution in [2.75, 3.05) is 23.8 Å². The van der Waals surface area contributed by atoms with Crippen molar-refractivity contribution in [3.8, 4) is 11.1 Å². The van der Waals surface area contributed by atoms with E-state index in [-0.39, 0.29) is 6.61 Å². The number of hydrogen-bond acceptors (Lipinski definition) is 7. The predicted molar refractivity (Wildman–Crippen MR) is 130 cm³/mol. The molecule has 0 aliphatic heterocycles. The van der Waals surface area contributed by atoms with Crippen LogP contribution >= 0.6 is 11.3 Å². The quantitative estimate of drug-likeness (QED) is 0.310. The number of aliphatic hydroxyl groups excluding tert-OH is 1. The van der Waals surface area contributed by atoms with E-state index in [0.29, 0.717) is 31.5 Å². The van der Waals surface area contributed by atoms with Crippen LogP contribution in [0.5, 0.6) is 0 Å². The number of thiophene rings is 1. The first-order valence-electron chi connectivity index (χ1n) is 11.3. The number of rotatable bonds is 9. The summed E-state index contributed by atoms with van der Waals surface area (Å²) in [6.07, 6.45) is 7.41. The van der Waals surface area contributed by atoms with Gasteiger partial charge in [0.05, 0.1) is 6.33 Å². The summed E-state index contributed by atoms with van der Waals surface area (Å²) in [4.78, 5) is 14.1. The lowest BCUT2D eigenvalue weighted by molar-refractivity contribution is 0.292. The Labute approximate surface area is 191 Å². The Kier molecular flexibility index (Phi) is 6.31. The monoisotopic (exact) mass is 448 g/mol. The molecule has 1 saturated carbocycles. The van der Waals surface area contributed by atoms with Crippen LogP contribution in [0.3, 0.4) is 0 Å². The minimum Gasteiger partial charge on any atom is -0.396 e. The highest BCUT2D eigenvalue weighted by Gasteiger charge is 2.21. The van der Waals surface area contributed by atoms with Crippen LogP contribution in [-0.4, -0.2) is 37.8 Å². The van der Waals surface area contributed by atoms with Crippen molar-refractivity contribution in [2.45, 2.75) is 44.7 Å². The molecule has 0 unspecified atom stereocenters. The Morgan fingerprint density at radius 2 is 1.88 bits per heavy atom. The molecule has 4 aromatic rings. The van der Waals surface area contributed by atoms with Gasteiger partial charge in [-0.05, 0) is 52.8 Å². The molecule has 0 saturated heterocycles. The van der Waals surface area contributed by atoms with Crippen LogP contribution < -0.4 is 10.6 Å². The molecule has 166 valence electrons. The fourth-order valence-electron chi connectivity index (χ4n) is 4.28. The van der Waals surface area contributed by atoms with Gasteiger partial charge in [-0.25, -0.2) is 4.98 Å². The van der Waals surface area contributed by atoms with Gasteiger partial charge in [-0.2, -0.15) is 21.3 Å². The van der Waals surface area contributed by atoms with Crippen LogP contribution in [0.1, 0.15) is 43.7 Å². The molecule has 32 heavy (non-hydrogen) atoms. The van der Waals surface area contributed by atoms with Gasteiger partial charge in [-0.15, -0.1) is 0 Å². The van der Waals surface area contributed by atoms with E-state index >= 15 is 0 Å². The van der Waals surface area contributed by atoms with Crippen molar-refractivity contribution < 1.29 is 5.11 Å². The minimum atomic E-state index is 0.141. The standard InChI is InChI=1S/C24H28N6OS/c31-12-3-11-25-24-28-22(21-23(29-24)30(16-27-21)20-4-1-2-5-20)26-14-17-6-8-18(9-7-17)19-10-13-32-15-19/h6-10,13,15-16,20,31H,1-5,11-12,14H2,(H2,25,26,28,29). The summed E-state index contributed by atoms with van der Waals surface area (Å²) in [5.74, 6) is 1.31. The molecule has 1 aliphatic carbocycles. The maximum Gasteiger partial charge on any atom is 0.226 e. The lowest BCUT2D eigenvalue weighted by Crippen LogP contribution is -2.11. The van der Waals surface area contributed by atoms with Crippen molar-refractivity contribution in [1.82, 2.24) is 19.5 Å². The highest BCUT2D eigenvalue weighted by molar-refractivity contribution is 7.08. The average molecular weight is 449 g/mol. The van der Waals surface area contributed by atoms with Crippen molar-refractivity contribution in [1.29, 1.82) is 0 Å². The highest BCUT2D eigenvalue weighted by atomic mass is 32.1. The van der Waals surface area contributed by atoms with E-state index in [1.807, 2.05) is 6.33 Å². The van der Waals surface area contributed by atoms with E-state index in [1.54, 1.807) is 11.3 Å². The van der Waals surface area contributed by atoms with Crippen molar-refractivity contribution >= 4 is 34.3 Å². The van der Waals surface area contributed by atoms with Crippen molar-refractivity contribution in [3.05, 3.63) is 53.0 Å². The summed E-state index contributed by atoms with van der Waals surface area (Å²) in [6, 6.07) is 11.2. The smallest absolute Gasteiger partial charge is 0.226 e. The first-order chi connectivity index (χ1) is 15.8. The highest BCUT2D eigenvalue weighted by Crippen LogP contribution is 2.33. The van der Waals surface area contributed by atoms with Gasteiger partial charge in [-0.3, -0.25) is 0 Å². The van der Waals surface area contributed by atoms with Gasteiger partial charge >= 0.3 is 0 Å². The first kappa shape index (κ1) is 20.9. The second-order valence-electron chi connectivity index (χ2n) is 8.22. The van der Waals surface area contributed by atoms with Gasteiger partial charge in [0, 0.05) is 25.7 Å². The van der Waals surface area contributed by atoms with Crippen LogP contribution in [0.4, 0.5) is 11.8 Å². The molecule has 3 N–H and O–H groups in total. The molecule has 0 amide bonds. The molecule has 0 radical (unpaired) electrons.